The molecule has 0 bridgehead atoms. The molecule has 8 aliphatic heterocycles. The summed E-state index contributed by atoms with van der Waals surface area (Å²) in [6.45, 7) is 16.0. The topological polar surface area (TPSA) is 346 Å². The van der Waals surface area contributed by atoms with E-state index in [4.69, 9.17) is 57.6 Å². The lowest BCUT2D eigenvalue weighted by molar-refractivity contribution is 0.00578. The number of benzene rings is 8. The summed E-state index contributed by atoms with van der Waals surface area (Å²) in [6.07, 6.45) is 0. The Morgan fingerprint density at radius 2 is 0.655 bits per heavy atom. The summed E-state index contributed by atoms with van der Waals surface area (Å²) in [4.78, 5) is 0. The highest BCUT2D eigenvalue weighted by atomic mass is 79.9. The largest absolute Gasteiger partial charge is 0.494 e. The molecule has 0 saturated carbocycles. The van der Waals surface area contributed by atoms with Gasteiger partial charge < -0.3 is 18.6 Å². The molecule has 0 amide bonds. The van der Waals surface area contributed by atoms with E-state index in [1.165, 1.54) is 12.9 Å². The maximum absolute atomic E-state index is 11.9. The van der Waals surface area contributed by atoms with Crippen molar-refractivity contribution in [2.75, 3.05) is 34.1 Å². The predicted octanol–water partition coefficient (Wildman–Crippen LogP) is 11.9. The van der Waals surface area contributed by atoms with E-state index >= 15 is 0 Å². The van der Waals surface area contributed by atoms with Crippen LogP contribution in [0.5, 0.6) is 0 Å². The monoisotopic (exact) mass is 1890 g/mol. The number of halogens is 5. The molecule has 0 aromatic heterocycles. The summed E-state index contributed by atoms with van der Waals surface area (Å²) < 4.78 is 210. The highest BCUT2D eigenvalue weighted by Crippen LogP contribution is 2.41. The number of rotatable bonds is 6. The maximum atomic E-state index is 11.9. The van der Waals surface area contributed by atoms with Gasteiger partial charge in [0.15, 0.2) is 29.5 Å². The van der Waals surface area contributed by atoms with Crippen LogP contribution in [0.4, 0.5) is 17.1 Å². The van der Waals surface area contributed by atoms with Crippen molar-refractivity contribution >= 4 is 187 Å². The van der Waals surface area contributed by atoms with E-state index in [9.17, 15) is 67.3 Å². The molecule has 24 nitrogen and oxygen atoms in total. The Hall–Kier alpha value is -5.48. The molecule has 0 spiro atoms. The number of nitrogens with two attached hydrogens (primary N) is 1. The third-order valence-corrected chi connectivity index (χ3v) is 32.9. The van der Waals surface area contributed by atoms with Crippen molar-refractivity contribution in [1.82, 2.24) is 0 Å². The van der Waals surface area contributed by atoms with Gasteiger partial charge in [0, 0.05) is 50.8 Å². The van der Waals surface area contributed by atoms with Crippen molar-refractivity contribution in [2.24, 2.45) is 5.14 Å². The lowest BCUT2D eigenvalue weighted by Crippen LogP contribution is -2.41. The fourth-order valence-electron chi connectivity index (χ4n) is 12.4. The SMILES string of the molecule is CC1(C)OB(c2ccc3c(c2)CS(=O)(=O)C3)OC1(C)C.CN1c2ccc(B3OC(C)(C)C(C)(C)O3)cc2CS1(=O)=O.CN1c2ccc(Br)cc2CS1(=O)=O.CN1c2ccccc2CS1(=O)=O.NS(=O)(=O)Cc1ccccc1Cl.O=S(=O)(Cl)Cc1ccccc1Cl.O=S1(=O)Cc2ccc(Br)cc2C1.O=S1(=O)Cc2ccccc2C1. The highest BCUT2D eigenvalue weighted by Gasteiger charge is 2.53. The number of anilines is 3. The summed E-state index contributed by atoms with van der Waals surface area (Å²) in [5, 5.41) is 5.69. The quantitative estimate of drug-likeness (QED) is 0.119. The van der Waals surface area contributed by atoms with Gasteiger partial charge in [0.1, 0.15) is 0 Å². The zero-order chi connectivity index (χ0) is 83.8. The molecule has 2 N–H and O–H groups in total. The molecule has 0 radical (unpaired) electrons. The first-order valence-corrected chi connectivity index (χ1v) is 51.4. The molecular weight excluding hydrogens is 1810 g/mol. The lowest BCUT2D eigenvalue weighted by atomic mass is 9.78. The Balaban J connectivity index is 0.000000150. The van der Waals surface area contributed by atoms with Crippen molar-refractivity contribution in [3.63, 3.8) is 0 Å². The zero-order valence-electron chi connectivity index (χ0n) is 63.3. The molecule has 16 rings (SSSR count). The molecule has 2 saturated heterocycles. The summed E-state index contributed by atoms with van der Waals surface area (Å²) in [5.74, 6) is 0.955. The van der Waals surface area contributed by atoms with E-state index in [1.807, 2.05) is 177 Å². The van der Waals surface area contributed by atoms with E-state index < -0.39 is 104 Å². The van der Waals surface area contributed by atoms with Gasteiger partial charge in [0.25, 0.3) is 0 Å². The molecule has 39 heteroatoms. The maximum Gasteiger partial charge on any atom is 0.494 e. The van der Waals surface area contributed by atoms with E-state index in [2.05, 4.69) is 31.9 Å². The van der Waals surface area contributed by atoms with Crippen molar-refractivity contribution in [2.45, 2.75) is 141 Å². The van der Waals surface area contributed by atoms with Crippen LogP contribution in [0.1, 0.15) is 117 Å². The minimum atomic E-state index is -3.51. The van der Waals surface area contributed by atoms with Gasteiger partial charge in [-0.1, -0.05) is 170 Å². The number of para-hydroxylation sites is 1. The number of sulfonamides is 4. The van der Waals surface area contributed by atoms with Gasteiger partial charge >= 0.3 is 14.2 Å². The average molecular weight is 1890 g/mol. The minimum Gasteiger partial charge on any atom is -0.399 e. The van der Waals surface area contributed by atoms with Crippen LogP contribution in [0.25, 0.3) is 0 Å². The van der Waals surface area contributed by atoms with Gasteiger partial charge in [-0.05, 0) is 182 Å². The molecule has 0 unspecified atom stereocenters. The lowest BCUT2D eigenvalue weighted by Gasteiger charge is -2.32. The second kappa shape index (κ2) is 34.8. The van der Waals surface area contributed by atoms with Gasteiger partial charge in [0.05, 0.1) is 103 Å². The zero-order valence-corrected chi connectivity index (χ0v) is 75.3. The Morgan fingerprint density at radius 1 is 0.372 bits per heavy atom. The molecule has 8 aromatic rings. The third-order valence-electron chi connectivity index (χ3n) is 19.8. The number of hydrogen-bond acceptors (Lipinski definition) is 20. The Kier molecular flexibility index (Phi) is 28.2. The van der Waals surface area contributed by atoms with Crippen molar-refractivity contribution in [3.05, 3.63) is 250 Å². The molecule has 8 aliphatic rings. The molecule has 113 heavy (non-hydrogen) atoms. The molecule has 8 heterocycles. The molecule has 8 aromatic carbocycles. The summed E-state index contributed by atoms with van der Waals surface area (Å²) in [5.41, 5.74) is 11.7. The predicted molar refractivity (Wildman–Crippen MR) is 456 cm³/mol. The summed E-state index contributed by atoms with van der Waals surface area (Å²) in [6, 6.07) is 50.6. The first-order chi connectivity index (χ1) is 52.0. The van der Waals surface area contributed by atoms with Gasteiger partial charge in [-0.2, -0.15) is 0 Å². The number of nitrogens with zero attached hydrogens (tertiary/aromatic N) is 3. The van der Waals surface area contributed by atoms with Gasteiger partial charge in [-0.15, -0.1) is 0 Å². The second-order valence-electron chi connectivity index (χ2n) is 29.6. The van der Waals surface area contributed by atoms with Crippen LogP contribution in [0.3, 0.4) is 0 Å². The third kappa shape index (κ3) is 23.7. The first-order valence-electron chi connectivity index (χ1n) is 34.5. The fraction of sp³-hybridized carbons (Fsp3) is 0.351. The molecule has 610 valence electrons. The van der Waals surface area contributed by atoms with E-state index in [0.717, 1.165) is 87.0 Å². The van der Waals surface area contributed by atoms with Crippen LogP contribution in [0.2, 0.25) is 10.0 Å². The van der Waals surface area contributed by atoms with Crippen molar-refractivity contribution in [3.8, 4) is 0 Å². The smallest absolute Gasteiger partial charge is 0.399 e. The van der Waals surface area contributed by atoms with Crippen molar-refractivity contribution in [1.29, 1.82) is 0 Å². The number of primary sulfonamides is 1. The number of hydrogen-bond donors (Lipinski definition) is 1. The normalized spacial score (nSPS) is 19.8. The highest BCUT2D eigenvalue weighted by molar-refractivity contribution is 9.10. The Labute approximate surface area is 696 Å². The molecule has 2 fully saturated rings. The van der Waals surface area contributed by atoms with Gasteiger partial charge in [-0.3, -0.25) is 12.9 Å². The van der Waals surface area contributed by atoms with Crippen LogP contribution in [-0.2, 0) is 161 Å². The minimum absolute atomic E-state index is 0.0339. The first kappa shape index (κ1) is 91.4. The molecule has 0 aliphatic carbocycles. The van der Waals surface area contributed by atoms with Crippen LogP contribution in [-0.4, -0.2) is 125 Å². The van der Waals surface area contributed by atoms with E-state index in [-0.39, 0.29) is 74.5 Å². The van der Waals surface area contributed by atoms with Gasteiger partial charge in [-0.25, -0.2) is 72.5 Å². The van der Waals surface area contributed by atoms with Crippen LogP contribution in [0.15, 0.2) is 179 Å². The standard InChI is InChI=1S/C14H20BNO4S.C14H19BO4S.C8H8BrNO2S.C8H7BrO2S.C8H9NO2S.C8H8O2S.C7H6Cl2O2S.C7H8ClNO2S/c1-13(2)14(3,4)20-15(19-13)11-6-7-12-10(8-11)9-21(17,18)16(12)5;1-13(2)14(3,4)19-15(18-13)12-6-5-10-8-20(16,17)9-11(10)7-12;1-10-8-3-2-7(9)4-6(8)5-13(10,11)12;9-8-2-1-6-4-12(10,11)5-7(6)3-8;1-9-8-5-3-2-4-7(8)6-12(9,10)11;9-11(10)5-7-3-1-2-4-8(7)6-11;2*8-7-4-2-1-3-6(7)5-12(9,10)11/h6-8H,9H2,1-5H3;5-7H,8-9H2,1-4H3;2-4H,5H2,1H3;1-3H,4-5H2;2-5H,6H2,1H3;1-4H,5-6H2;1-4H,5H2;1-4H,5H2,(H2,9,10,11). The summed E-state index contributed by atoms with van der Waals surface area (Å²) in [7, 11) is -16.1. The van der Waals surface area contributed by atoms with Crippen molar-refractivity contribution < 1.29 is 86.0 Å². The number of fused-ring (bicyclic) bond motifs is 6. The second-order valence-corrected chi connectivity index (χ2v) is 48.8. The Morgan fingerprint density at radius 3 is 1.05 bits per heavy atom. The summed E-state index contributed by atoms with van der Waals surface area (Å²) >= 11 is 18.0. The van der Waals surface area contributed by atoms with Crippen LogP contribution >= 0.6 is 65.7 Å². The molecular formula is C74H85B2Br2Cl3N4O20S8. The van der Waals surface area contributed by atoms with Crippen LogP contribution < -0.4 is 29.0 Å². The molecule has 0 atom stereocenters. The van der Waals surface area contributed by atoms with E-state index in [1.54, 1.807) is 69.7 Å². The number of sulfone groups is 3. The average Bonchev–Trinajstić information content (AvgIpc) is 1.65. The Bertz CT molecular complexity index is 5800. The fourth-order valence-corrected chi connectivity index (χ4v) is 24.1. The van der Waals surface area contributed by atoms with E-state index in [0.29, 0.717) is 21.2 Å². The van der Waals surface area contributed by atoms with Crippen LogP contribution in [0, 0.1) is 0 Å². The van der Waals surface area contributed by atoms with Gasteiger partial charge in [0.2, 0.25) is 49.1 Å².